The summed E-state index contributed by atoms with van der Waals surface area (Å²) in [5.74, 6) is -0.680. The van der Waals surface area contributed by atoms with Crippen molar-refractivity contribution in [1.29, 1.82) is 0 Å². The largest absolute Gasteiger partial charge is 0.468 e. The van der Waals surface area contributed by atoms with Gasteiger partial charge >= 0.3 is 12.1 Å². The molecule has 1 aliphatic rings. The number of aromatic nitrogens is 1. The summed E-state index contributed by atoms with van der Waals surface area (Å²) in [5, 5.41) is -0.819. The SMILES string of the molecule is COC(=O)C(Cc1cncs1)NS(=O)(=O)C1CN(C(=O)OCc2ccccc2)C1. The van der Waals surface area contributed by atoms with E-state index in [1.807, 2.05) is 30.3 Å². The highest BCUT2D eigenvalue weighted by molar-refractivity contribution is 7.90. The topological polar surface area (TPSA) is 115 Å². The molecule has 2 heterocycles. The molecule has 1 aromatic heterocycles. The van der Waals surface area contributed by atoms with Gasteiger partial charge < -0.3 is 14.4 Å². The molecule has 0 radical (unpaired) electrons. The zero-order valence-electron chi connectivity index (χ0n) is 15.7. The number of sulfonamides is 1. The molecule has 0 aliphatic carbocycles. The first kappa shape index (κ1) is 21.2. The summed E-state index contributed by atoms with van der Waals surface area (Å²) in [7, 11) is -2.63. The van der Waals surface area contributed by atoms with Crippen LogP contribution in [0.25, 0.3) is 0 Å². The number of hydrogen-bond donors (Lipinski definition) is 1. The lowest BCUT2D eigenvalue weighted by molar-refractivity contribution is -0.142. The fourth-order valence-electron chi connectivity index (χ4n) is 2.75. The van der Waals surface area contributed by atoms with E-state index >= 15 is 0 Å². The second-order valence-corrected chi connectivity index (χ2v) is 9.44. The standard InChI is InChI=1S/C18H21N3O6S2/c1-26-17(22)16(7-14-8-19-12-28-14)20-29(24,25)15-9-21(10-15)18(23)27-11-13-5-3-2-4-6-13/h2-6,8,12,15-16,20H,7,9-11H2,1H3. The Morgan fingerprint density at radius 2 is 2.03 bits per heavy atom. The van der Waals surface area contributed by atoms with Crippen LogP contribution in [0.1, 0.15) is 10.4 Å². The highest BCUT2D eigenvalue weighted by atomic mass is 32.2. The van der Waals surface area contributed by atoms with Crippen molar-refractivity contribution in [3.63, 3.8) is 0 Å². The van der Waals surface area contributed by atoms with Gasteiger partial charge in [-0.15, -0.1) is 11.3 Å². The Bertz CT molecular complexity index is 928. The Balaban J connectivity index is 1.52. The summed E-state index contributed by atoms with van der Waals surface area (Å²) < 4.78 is 37.5. The zero-order chi connectivity index (χ0) is 20.9. The Labute approximate surface area is 172 Å². The molecule has 1 saturated heterocycles. The van der Waals surface area contributed by atoms with Crippen LogP contribution in [-0.4, -0.2) is 61.9 Å². The van der Waals surface area contributed by atoms with Gasteiger partial charge in [-0.1, -0.05) is 30.3 Å². The van der Waals surface area contributed by atoms with Crippen LogP contribution in [0.3, 0.4) is 0 Å². The maximum atomic E-state index is 12.6. The van der Waals surface area contributed by atoms with Gasteiger partial charge in [-0.2, -0.15) is 0 Å². The lowest BCUT2D eigenvalue weighted by Crippen LogP contribution is -2.61. The van der Waals surface area contributed by atoms with Crippen molar-refractivity contribution < 1.29 is 27.5 Å². The van der Waals surface area contributed by atoms with E-state index in [4.69, 9.17) is 9.47 Å². The molecular formula is C18H21N3O6S2. The van der Waals surface area contributed by atoms with Gasteiger partial charge in [0.2, 0.25) is 10.0 Å². The molecule has 1 atom stereocenters. The lowest BCUT2D eigenvalue weighted by Gasteiger charge is -2.38. The van der Waals surface area contributed by atoms with E-state index in [2.05, 4.69) is 9.71 Å². The number of ether oxygens (including phenoxy) is 2. The third-order valence-electron chi connectivity index (χ3n) is 4.43. The maximum Gasteiger partial charge on any atom is 0.410 e. The average molecular weight is 440 g/mol. The number of amides is 1. The first-order valence-electron chi connectivity index (χ1n) is 8.81. The van der Waals surface area contributed by atoms with Crippen molar-refractivity contribution in [1.82, 2.24) is 14.6 Å². The monoisotopic (exact) mass is 439 g/mol. The smallest absolute Gasteiger partial charge is 0.410 e. The van der Waals surface area contributed by atoms with Crippen molar-refractivity contribution >= 4 is 33.4 Å². The fourth-order valence-corrected chi connectivity index (χ4v) is 4.91. The quantitative estimate of drug-likeness (QED) is 0.614. The van der Waals surface area contributed by atoms with E-state index in [9.17, 15) is 18.0 Å². The minimum Gasteiger partial charge on any atom is -0.468 e. The van der Waals surface area contributed by atoms with E-state index in [-0.39, 0.29) is 26.1 Å². The molecule has 1 fully saturated rings. The summed E-state index contributed by atoms with van der Waals surface area (Å²) in [6.45, 7) is 0.111. The number of benzene rings is 1. The van der Waals surface area contributed by atoms with Crippen LogP contribution in [0, 0.1) is 0 Å². The highest BCUT2D eigenvalue weighted by Gasteiger charge is 2.42. The van der Waals surface area contributed by atoms with Gasteiger partial charge in [0.15, 0.2) is 0 Å². The Kier molecular flexibility index (Phi) is 6.83. The van der Waals surface area contributed by atoms with E-state index in [1.54, 1.807) is 11.7 Å². The lowest BCUT2D eigenvalue weighted by atomic mass is 10.2. The molecule has 1 aromatic carbocycles. The summed E-state index contributed by atoms with van der Waals surface area (Å²) in [6, 6.07) is 8.15. The number of nitrogens with zero attached hydrogens (tertiary/aromatic N) is 2. The van der Waals surface area contributed by atoms with Crippen LogP contribution in [0.5, 0.6) is 0 Å². The number of rotatable bonds is 8. The molecule has 156 valence electrons. The molecule has 1 aliphatic heterocycles. The first-order chi connectivity index (χ1) is 13.9. The molecule has 1 N–H and O–H groups in total. The minimum atomic E-state index is -3.83. The third-order valence-corrected chi connectivity index (χ3v) is 7.02. The first-order valence-corrected chi connectivity index (χ1v) is 11.2. The summed E-state index contributed by atoms with van der Waals surface area (Å²) >= 11 is 1.32. The molecule has 0 bridgehead atoms. The summed E-state index contributed by atoms with van der Waals surface area (Å²) in [6.07, 6.45) is 1.14. The number of nitrogens with one attached hydrogen (secondary N) is 1. The number of esters is 1. The molecule has 2 aromatic rings. The van der Waals surface area contributed by atoms with E-state index in [1.165, 1.54) is 23.3 Å². The third kappa shape index (κ3) is 5.52. The molecular weight excluding hydrogens is 418 g/mol. The Morgan fingerprint density at radius 3 is 2.66 bits per heavy atom. The van der Waals surface area contributed by atoms with Crippen molar-refractivity contribution in [2.24, 2.45) is 0 Å². The Morgan fingerprint density at radius 1 is 1.31 bits per heavy atom. The zero-order valence-corrected chi connectivity index (χ0v) is 17.3. The van der Waals surface area contributed by atoms with E-state index < -0.39 is 33.4 Å². The van der Waals surface area contributed by atoms with E-state index in [0.29, 0.717) is 0 Å². The van der Waals surface area contributed by atoms with Crippen LogP contribution >= 0.6 is 11.3 Å². The van der Waals surface area contributed by atoms with Crippen LogP contribution in [-0.2, 0) is 37.3 Å². The minimum absolute atomic E-state index is 0.00257. The summed E-state index contributed by atoms with van der Waals surface area (Å²) in [4.78, 5) is 30.0. The maximum absolute atomic E-state index is 12.6. The van der Waals surface area contributed by atoms with Crippen molar-refractivity contribution in [3.8, 4) is 0 Å². The van der Waals surface area contributed by atoms with Gasteiger partial charge in [-0.05, 0) is 5.56 Å². The molecule has 0 saturated carbocycles. The number of thiazole rings is 1. The second kappa shape index (κ2) is 9.33. The predicted octanol–water partition coefficient (Wildman–Crippen LogP) is 1.17. The highest BCUT2D eigenvalue weighted by Crippen LogP contribution is 2.19. The molecule has 29 heavy (non-hydrogen) atoms. The van der Waals surface area contributed by atoms with Crippen LogP contribution in [0.15, 0.2) is 42.0 Å². The van der Waals surface area contributed by atoms with Gasteiger partial charge in [0, 0.05) is 30.6 Å². The second-order valence-electron chi connectivity index (χ2n) is 6.48. The predicted molar refractivity (Wildman–Crippen MR) is 106 cm³/mol. The number of likely N-dealkylation sites (tertiary alicyclic amines) is 1. The number of methoxy groups -OCH3 is 1. The van der Waals surface area contributed by atoms with Crippen LogP contribution < -0.4 is 4.72 Å². The molecule has 0 spiro atoms. The number of carbonyl (C=O) groups is 2. The summed E-state index contributed by atoms with van der Waals surface area (Å²) in [5.41, 5.74) is 2.44. The van der Waals surface area contributed by atoms with Crippen molar-refractivity contribution in [2.45, 2.75) is 24.3 Å². The van der Waals surface area contributed by atoms with Crippen LogP contribution in [0.4, 0.5) is 4.79 Å². The number of carbonyl (C=O) groups excluding carboxylic acids is 2. The van der Waals surface area contributed by atoms with Gasteiger partial charge in [0.05, 0.1) is 12.6 Å². The van der Waals surface area contributed by atoms with E-state index in [0.717, 1.165) is 10.4 Å². The van der Waals surface area contributed by atoms with Gasteiger partial charge in [0.25, 0.3) is 0 Å². The fraction of sp³-hybridized carbons (Fsp3) is 0.389. The van der Waals surface area contributed by atoms with Gasteiger partial charge in [-0.3, -0.25) is 9.78 Å². The average Bonchev–Trinajstić information content (AvgIpc) is 3.17. The molecule has 1 amide bonds. The van der Waals surface area contributed by atoms with Crippen molar-refractivity contribution in [2.75, 3.05) is 20.2 Å². The number of hydrogen-bond acceptors (Lipinski definition) is 8. The van der Waals surface area contributed by atoms with Gasteiger partial charge in [-0.25, -0.2) is 17.9 Å². The normalized spacial score (nSPS) is 15.4. The molecule has 3 rings (SSSR count). The molecule has 9 nitrogen and oxygen atoms in total. The van der Waals surface area contributed by atoms with Crippen LogP contribution in [0.2, 0.25) is 0 Å². The van der Waals surface area contributed by atoms with Gasteiger partial charge in [0.1, 0.15) is 17.9 Å². The molecule has 11 heteroatoms. The Hall–Kier alpha value is -2.50. The van der Waals surface area contributed by atoms with Crippen molar-refractivity contribution in [3.05, 3.63) is 52.5 Å². The molecule has 1 unspecified atom stereocenters.